The van der Waals surface area contributed by atoms with E-state index in [9.17, 15) is 4.79 Å². The Labute approximate surface area is 167 Å². The van der Waals surface area contributed by atoms with Crippen LogP contribution >= 0.6 is 0 Å². The van der Waals surface area contributed by atoms with Crippen molar-refractivity contribution < 1.29 is 4.79 Å². The molecule has 0 saturated heterocycles. The minimum atomic E-state index is -0.0273. The molecule has 0 unspecified atom stereocenters. The predicted octanol–water partition coefficient (Wildman–Crippen LogP) is 4.00. The summed E-state index contributed by atoms with van der Waals surface area (Å²) in [6.45, 7) is 0.663. The van der Waals surface area contributed by atoms with Crippen LogP contribution in [0, 0.1) is 0 Å². The first kappa shape index (κ1) is 16.2. The van der Waals surface area contributed by atoms with Crippen molar-refractivity contribution in [2.75, 3.05) is 6.54 Å². The van der Waals surface area contributed by atoms with Gasteiger partial charge in [0.05, 0.1) is 17.0 Å². The van der Waals surface area contributed by atoms with Gasteiger partial charge in [0.15, 0.2) is 5.82 Å². The normalized spacial score (nSPS) is 14.1. The van der Waals surface area contributed by atoms with E-state index < -0.39 is 0 Å². The molecule has 5 nitrogen and oxygen atoms in total. The maximum Gasteiger partial charge on any atom is 0.253 e. The van der Waals surface area contributed by atoms with Gasteiger partial charge in [0.25, 0.3) is 5.91 Å². The Balaban J connectivity index is 1.48. The van der Waals surface area contributed by atoms with Crippen molar-refractivity contribution in [3.63, 3.8) is 0 Å². The van der Waals surface area contributed by atoms with Crippen molar-refractivity contribution >= 4 is 5.91 Å². The van der Waals surface area contributed by atoms with Gasteiger partial charge in [0.2, 0.25) is 0 Å². The summed E-state index contributed by atoms with van der Waals surface area (Å²) in [5, 5.41) is 2.89. The molecule has 5 heteroatoms. The zero-order valence-electron chi connectivity index (χ0n) is 15.7. The molecular weight excluding hydrogens is 360 g/mol. The molecule has 0 atom stereocenters. The largest absolute Gasteiger partial charge is 0.356 e. The number of rotatable bonds is 2. The lowest BCUT2D eigenvalue weighted by molar-refractivity contribution is 0.0946. The molecule has 6 rings (SSSR count). The number of hydrogen-bond acceptors (Lipinski definition) is 3. The van der Waals surface area contributed by atoms with Gasteiger partial charge in [0.1, 0.15) is 0 Å². The number of H-pyrrole nitrogens is 1. The molecule has 29 heavy (non-hydrogen) atoms. The summed E-state index contributed by atoms with van der Waals surface area (Å²) in [6, 6.07) is 18.6. The Bertz CT molecular complexity index is 1290. The number of fused-ring (bicyclic) bond motifs is 4. The van der Waals surface area contributed by atoms with E-state index in [-0.39, 0.29) is 5.91 Å². The third-order valence-corrected chi connectivity index (χ3v) is 5.80. The van der Waals surface area contributed by atoms with Crippen molar-refractivity contribution in [3.8, 4) is 33.9 Å². The van der Waals surface area contributed by atoms with E-state index in [4.69, 9.17) is 4.98 Å². The smallest absolute Gasteiger partial charge is 0.253 e. The molecule has 1 aliphatic heterocycles. The summed E-state index contributed by atoms with van der Waals surface area (Å²) in [5.74, 6) is 0.675. The Morgan fingerprint density at radius 3 is 2.69 bits per heavy atom. The Morgan fingerprint density at radius 1 is 0.897 bits per heavy atom. The van der Waals surface area contributed by atoms with E-state index in [1.165, 1.54) is 22.3 Å². The van der Waals surface area contributed by atoms with Crippen LogP contribution in [-0.2, 0) is 12.8 Å². The van der Waals surface area contributed by atoms with Crippen molar-refractivity contribution in [1.82, 2.24) is 20.3 Å². The summed E-state index contributed by atoms with van der Waals surface area (Å²) in [5.41, 5.74) is 9.51. The van der Waals surface area contributed by atoms with Gasteiger partial charge in [-0.05, 0) is 40.8 Å². The van der Waals surface area contributed by atoms with E-state index in [2.05, 4.69) is 57.7 Å². The zero-order chi connectivity index (χ0) is 19.4. The maximum atomic E-state index is 12.1. The number of benzene rings is 2. The first-order valence-electron chi connectivity index (χ1n) is 9.82. The molecule has 0 bridgehead atoms. The summed E-state index contributed by atoms with van der Waals surface area (Å²) in [7, 11) is 0. The monoisotopic (exact) mass is 378 g/mol. The fourth-order valence-corrected chi connectivity index (χ4v) is 4.45. The van der Waals surface area contributed by atoms with Gasteiger partial charge >= 0.3 is 0 Å². The lowest BCUT2D eigenvalue weighted by Crippen LogP contribution is -2.31. The highest BCUT2D eigenvalue weighted by molar-refractivity contribution is 5.97. The standard InChI is InChI=1S/C24H18N4O/c29-24-18-13-21(27-19(18)8-11-26-24)20-9-10-25-23(28-20)17-7-3-5-15-12-14-4-1-2-6-16(14)22(15)17/h1-7,9-10,13,27H,8,11-12H2,(H,26,29). The minimum Gasteiger partial charge on any atom is -0.356 e. The fourth-order valence-electron chi connectivity index (χ4n) is 4.45. The SMILES string of the molecule is O=C1NCCc2[nH]c(-c3ccnc(-c4cccc5c4-c4ccccc4C5)n3)cc21. The number of aromatic amines is 1. The molecular formula is C24H18N4O. The quantitative estimate of drug-likeness (QED) is 0.488. The van der Waals surface area contributed by atoms with E-state index in [0.717, 1.165) is 35.5 Å². The molecule has 140 valence electrons. The van der Waals surface area contributed by atoms with Crippen LogP contribution in [0.15, 0.2) is 60.8 Å². The second kappa shape index (κ2) is 6.14. The van der Waals surface area contributed by atoms with Gasteiger partial charge in [-0.1, -0.05) is 42.5 Å². The Morgan fingerprint density at radius 2 is 1.76 bits per heavy atom. The molecule has 1 aliphatic carbocycles. The fraction of sp³-hybridized carbons (Fsp3) is 0.125. The number of aromatic nitrogens is 3. The third-order valence-electron chi connectivity index (χ3n) is 5.80. The minimum absolute atomic E-state index is 0.0273. The average Bonchev–Trinajstić information content (AvgIpc) is 3.36. The third kappa shape index (κ3) is 2.51. The van der Waals surface area contributed by atoms with Crippen molar-refractivity contribution in [3.05, 3.63) is 83.2 Å². The van der Waals surface area contributed by atoms with Crippen molar-refractivity contribution in [2.45, 2.75) is 12.8 Å². The molecule has 2 N–H and O–H groups in total. The van der Waals surface area contributed by atoms with Gasteiger partial charge < -0.3 is 10.3 Å². The highest BCUT2D eigenvalue weighted by atomic mass is 16.1. The molecule has 4 aromatic rings. The second-order valence-corrected chi connectivity index (χ2v) is 7.52. The maximum absolute atomic E-state index is 12.1. The zero-order valence-corrected chi connectivity index (χ0v) is 15.7. The van der Waals surface area contributed by atoms with Crippen molar-refractivity contribution in [1.29, 1.82) is 0 Å². The summed E-state index contributed by atoms with van der Waals surface area (Å²) in [6.07, 6.45) is 3.54. The van der Waals surface area contributed by atoms with Crippen LogP contribution in [0.3, 0.4) is 0 Å². The van der Waals surface area contributed by atoms with Crippen LogP contribution in [0.4, 0.5) is 0 Å². The topological polar surface area (TPSA) is 70.7 Å². The van der Waals surface area contributed by atoms with Gasteiger partial charge in [-0.3, -0.25) is 4.79 Å². The molecule has 2 aliphatic rings. The van der Waals surface area contributed by atoms with Crippen LogP contribution in [0.25, 0.3) is 33.9 Å². The number of carbonyl (C=O) groups excluding carboxylic acids is 1. The molecule has 0 fully saturated rings. The first-order chi connectivity index (χ1) is 14.3. The molecule has 2 aromatic carbocycles. The number of amides is 1. The van der Waals surface area contributed by atoms with Gasteiger partial charge in [0, 0.05) is 30.4 Å². The molecule has 0 spiro atoms. The predicted molar refractivity (Wildman–Crippen MR) is 112 cm³/mol. The molecule has 2 aromatic heterocycles. The van der Waals surface area contributed by atoms with Crippen LogP contribution in [-0.4, -0.2) is 27.4 Å². The lowest BCUT2D eigenvalue weighted by Gasteiger charge is -2.11. The molecule has 0 saturated carbocycles. The van der Waals surface area contributed by atoms with E-state index in [1.54, 1.807) is 6.20 Å². The molecule has 3 heterocycles. The first-order valence-corrected chi connectivity index (χ1v) is 9.82. The lowest BCUT2D eigenvalue weighted by atomic mass is 9.99. The van der Waals surface area contributed by atoms with Crippen LogP contribution in [0.1, 0.15) is 27.2 Å². The Hall–Kier alpha value is -3.73. The Kier molecular flexibility index (Phi) is 3.44. The number of hydrogen-bond donors (Lipinski definition) is 2. The number of carbonyl (C=O) groups is 1. The van der Waals surface area contributed by atoms with Gasteiger partial charge in [-0.25, -0.2) is 9.97 Å². The summed E-state index contributed by atoms with van der Waals surface area (Å²) < 4.78 is 0. The van der Waals surface area contributed by atoms with E-state index in [1.807, 2.05) is 12.1 Å². The highest BCUT2D eigenvalue weighted by Gasteiger charge is 2.23. The second-order valence-electron chi connectivity index (χ2n) is 7.52. The van der Waals surface area contributed by atoms with E-state index in [0.29, 0.717) is 17.9 Å². The summed E-state index contributed by atoms with van der Waals surface area (Å²) in [4.78, 5) is 24.9. The van der Waals surface area contributed by atoms with Gasteiger partial charge in [-0.2, -0.15) is 0 Å². The summed E-state index contributed by atoms with van der Waals surface area (Å²) >= 11 is 0. The van der Waals surface area contributed by atoms with Crippen molar-refractivity contribution in [2.24, 2.45) is 0 Å². The van der Waals surface area contributed by atoms with Crippen LogP contribution in [0.5, 0.6) is 0 Å². The molecule has 0 radical (unpaired) electrons. The number of nitrogens with zero attached hydrogens (tertiary/aromatic N) is 2. The highest BCUT2D eigenvalue weighted by Crippen LogP contribution is 2.42. The average molecular weight is 378 g/mol. The number of nitrogens with one attached hydrogen (secondary N) is 2. The van der Waals surface area contributed by atoms with Crippen LogP contribution in [0.2, 0.25) is 0 Å². The molecule has 1 amide bonds. The van der Waals surface area contributed by atoms with Gasteiger partial charge in [-0.15, -0.1) is 0 Å². The van der Waals surface area contributed by atoms with Crippen LogP contribution < -0.4 is 5.32 Å². The van der Waals surface area contributed by atoms with E-state index >= 15 is 0 Å².